The van der Waals surface area contributed by atoms with E-state index in [1.165, 1.54) is 0 Å². The zero-order chi connectivity index (χ0) is 7.84. The molecule has 0 fully saturated rings. The van der Waals surface area contributed by atoms with Gasteiger partial charge in [-0.1, -0.05) is 0 Å². The maximum atomic E-state index is 11.0. The van der Waals surface area contributed by atoms with E-state index in [4.69, 9.17) is 0 Å². The molecule has 0 atom stereocenters. The first-order valence-corrected chi connectivity index (χ1v) is 3.82. The summed E-state index contributed by atoms with van der Waals surface area (Å²) in [5.41, 5.74) is 1.82. The molecule has 0 spiro atoms. The van der Waals surface area contributed by atoms with Crippen molar-refractivity contribution in [2.75, 3.05) is 0 Å². The summed E-state index contributed by atoms with van der Waals surface area (Å²) in [6.45, 7) is 0.641. The van der Waals surface area contributed by atoms with Crippen LogP contribution in [0.1, 0.15) is 15.9 Å². The maximum Gasteiger partial charge on any atom is 0.251 e. The van der Waals surface area contributed by atoms with Crippen LogP contribution >= 0.6 is 12.6 Å². The molecule has 1 amide bonds. The summed E-state index contributed by atoms with van der Waals surface area (Å²) in [5.74, 6) is 0.0216. The Balaban J connectivity index is 2.59. The Hall–Kier alpha value is -0.960. The predicted octanol–water partition coefficient (Wildman–Crippen LogP) is 1.22. The molecule has 1 N–H and O–H groups in total. The van der Waals surface area contributed by atoms with E-state index < -0.39 is 0 Å². The molecule has 1 aliphatic rings. The average molecular weight is 165 g/mol. The molecule has 0 bridgehead atoms. The van der Waals surface area contributed by atoms with Crippen LogP contribution in [0.2, 0.25) is 0 Å². The van der Waals surface area contributed by atoms with Crippen LogP contribution in [0, 0.1) is 0 Å². The molecule has 1 aromatic rings. The second kappa shape index (κ2) is 2.27. The van der Waals surface area contributed by atoms with Crippen molar-refractivity contribution in [3.05, 3.63) is 29.3 Å². The fourth-order valence-electron chi connectivity index (χ4n) is 1.22. The van der Waals surface area contributed by atoms with E-state index in [2.05, 4.69) is 17.9 Å². The van der Waals surface area contributed by atoms with Gasteiger partial charge < -0.3 is 5.32 Å². The molecule has 0 unspecified atom stereocenters. The topological polar surface area (TPSA) is 29.1 Å². The van der Waals surface area contributed by atoms with Crippen molar-refractivity contribution in [3.63, 3.8) is 0 Å². The SMILES string of the molecule is O=C1NCc2cc(S)ccc21. The van der Waals surface area contributed by atoms with Crippen molar-refractivity contribution in [2.24, 2.45) is 0 Å². The largest absolute Gasteiger partial charge is 0.348 e. The molecular formula is C8H7NOS. The monoisotopic (exact) mass is 165 g/mol. The molecule has 1 aromatic carbocycles. The Morgan fingerprint density at radius 3 is 3.09 bits per heavy atom. The molecule has 0 saturated carbocycles. The second-order valence-corrected chi connectivity index (χ2v) is 3.04. The van der Waals surface area contributed by atoms with Crippen LogP contribution in [-0.2, 0) is 6.54 Å². The van der Waals surface area contributed by atoms with Crippen LogP contribution < -0.4 is 5.32 Å². The molecule has 2 nitrogen and oxygen atoms in total. The van der Waals surface area contributed by atoms with Crippen LogP contribution in [-0.4, -0.2) is 5.91 Å². The Labute approximate surface area is 70.0 Å². The first-order chi connectivity index (χ1) is 5.27. The van der Waals surface area contributed by atoms with Gasteiger partial charge in [0.1, 0.15) is 0 Å². The fourth-order valence-corrected chi connectivity index (χ4v) is 1.45. The van der Waals surface area contributed by atoms with Gasteiger partial charge in [0, 0.05) is 17.0 Å². The lowest BCUT2D eigenvalue weighted by atomic mass is 10.1. The highest BCUT2D eigenvalue weighted by molar-refractivity contribution is 7.80. The average Bonchev–Trinajstić information content (AvgIpc) is 2.32. The lowest BCUT2D eigenvalue weighted by Crippen LogP contribution is -2.12. The minimum atomic E-state index is 0.0216. The Morgan fingerprint density at radius 1 is 1.45 bits per heavy atom. The number of carbonyl (C=O) groups is 1. The summed E-state index contributed by atoms with van der Waals surface area (Å²) in [6.07, 6.45) is 0. The first-order valence-electron chi connectivity index (χ1n) is 3.37. The number of fused-ring (bicyclic) bond motifs is 1. The Kier molecular flexibility index (Phi) is 1.39. The molecule has 1 heterocycles. The zero-order valence-corrected chi connectivity index (χ0v) is 6.69. The van der Waals surface area contributed by atoms with Gasteiger partial charge in [-0.3, -0.25) is 4.79 Å². The van der Waals surface area contributed by atoms with Gasteiger partial charge in [-0.2, -0.15) is 0 Å². The van der Waals surface area contributed by atoms with Gasteiger partial charge in [0.25, 0.3) is 5.91 Å². The van der Waals surface area contributed by atoms with E-state index in [1.807, 2.05) is 12.1 Å². The molecule has 11 heavy (non-hydrogen) atoms. The summed E-state index contributed by atoms with van der Waals surface area (Å²) < 4.78 is 0. The molecular weight excluding hydrogens is 158 g/mol. The van der Waals surface area contributed by atoms with Crippen LogP contribution in [0.5, 0.6) is 0 Å². The van der Waals surface area contributed by atoms with Gasteiger partial charge >= 0.3 is 0 Å². The molecule has 1 aliphatic heterocycles. The van der Waals surface area contributed by atoms with Gasteiger partial charge in [-0.15, -0.1) is 12.6 Å². The van der Waals surface area contributed by atoms with Gasteiger partial charge in [0.05, 0.1) is 0 Å². The first kappa shape index (κ1) is 6.73. The number of amides is 1. The molecule has 56 valence electrons. The number of benzene rings is 1. The van der Waals surface area contributed by atoms with Crippen LogP contribution in [0.25, 0.3) is 0 Å². The summed E-state index contributed by atoms with van der Waals surface area (Å²) in [4.78, 5) is 11.9. The highest BCUT2D eigenvalue weighted by Gasteiger charge is 2.17. The van der Waals surface area contributed by atoms with Crippen LogP contribution in [0.15, 0.2) is 23.1 Å². The van der Waals surface area contributed by atoms with Crippen LogP contribution in [0.4, 0.5) is 0 Å². The third kappa shape index (κ3) is 1.01. The molecule has 3 heteroatoms. The summed E-state index contributed by atoms with van der Waals surface area (Å²) in [7, 11) is 0. The van der Waals surface area contributed by atoms with Crippen molar-refractivity contribution in [2.45, 2.75) is 11.4 Å². The highest BCUT2D eigenvalue weighted by Crippen LogP contribution is 2.18. The van der Waals surface area contributed by atoms with Gasteiger partial charge in [-0.25, -0.2) is 0 Å². The van der Waals surface area contributed by atoms with Gasteiger partial charge in [0.2, 0.25) is 0 Å². The van der Waals surface area contributed by atoms with E-state index in [-0.39, 0.29) is 5.91 Å². The van der Waals surface area contributed by atoms with E-state index in [0.717, 1.165) is 16.0 Å². The number of thiol groups is 1. The smallest absolute Gasteiger partial charge is 0.251 e. The lowest BCUT2D eigenvalue weighted by molar-refractivity contribution is 0.0966. The Bertz CT molecular complexity index is 322. The standard InChI is InChI=1S/C8H7NOS/c10-8-7-2-1-6(11)3-5(7)4-9-8/h1-3,11H,4H2,(H,9,10). The predicted molar refractivity (Wildman–Crippen MR) is 44.9 cm³/mol. The van der Waals surface area contributed by atoms with Crippen molar-refractivity contribution in [3.8, 4) is 0 Å². The zero-order valence-electron chi connectivity index (χ0n) is 5.79. The van der Waals surface area contributed by atoms with Crippen molar-refractivity contribution < 1.29 is 4.79 Å². The number of hydrogen-bond acceptors (Lipinski definition) is 2. The van der Waals surface area contributed by atoms with E-state index in [9.17, 15) is 4.79 Å². The molecule has 0 radical (unpaired) electrons. The van der Waals surface area contributed by atoms with E-state index in [1.54, 1.807) is 6.07 Å². The summed E-state index contributed by atoms with van der Waals surface area (Å²) in [6, 6.07) is 5.54. The fraction of sp³-hybridized carbons (Fsp3) is 0.125. The molecule has 0 aliphatic carbocycles. The minimum absolute atomic E-state index is 0.0216. The quantitative estimate of drug-likeness (QED) is 0.556. The van der Waals surface area contributed by atoms with Crippen LogP contribution in [0.3, 0.4) is 0 Å². The number of carbonyl (C=O) groups excluding carboxylic acids is 1. The third-order valence-electron chi connectivity index (χ3n) is 1.77. The summed E-state index contributed by atoms with van der Waals surface area (Å²) >= 11 is 4.17. The number of nitrogens with one attached hydrogen (secondary N) is 1. The molecule has 0 saturated heterocycles. The van der Waals surface area contributed by atoms with E-state index >= 15 is 0 Å². The molecule has 0 aromatic heterocycles. The number of hydrogen-bond donors (Lipinski definition) is 2. The van der Waals surface area contributed by atoms with Crippen molar-refractivity contribution in [1.29, 1.82) is 0 Å². The Morgan fingerprint density at radius 2 is 2.27 bits per heavy atom. The second-order valence-electron chi connectivity index (χ2n) is 2.52. The third-order valence-corrected chi connectivity index (χ3v) is 2.05. The van der Waals surface area contributed by atoms with Gasteiger partial charge in [0.15, 0.2) is 0 Å². The highest BCUT2D eigenvalue weighted by atomic mass is 32.1. The molecule has 2 rings (SSSR count). The van der Waals surface area contributed by atoms with Gasteiger partial charge in [-0.05, 0) is 23.8 Å². The normalized spacial score (nSPS) is 14.5. The summed E-state index contributed by atoms with van der Waals surface area (Å²) in [5, 5.41) is 2.74. The van der Waals surface area contributed by atoms with Crippen molar-refractivity contribution >= 4 is 18.5 Å². The van der Waals surface area contributed by atoms with Crippen molar-refractivity contribution in [1.82, 2.24) is 5.32 Å². The minimum Gasteiger partial charge on any atom is -0.348 e. The van der Waals surface area contributed by atoms with E-state index in [0.29, 0.717) is 6.54 Å². The lowest BCUT2D eigenvalue weighted by Gasteiger charge is -1.94. The number of rotatable bonds is 0. The maximum absolute atomic E-state index is 11.0.